The molecule has 0 aromatic heterocycles. The fraction of sp³-hybridized carbons (Fsp3) is 0.977. The lowest BCUT2D eigenvalue weighted by Gasteiger charge is -2.28. The zero-order chi connectivity index (χ0) is 70.4. The Morgan fingerprint density at radius 3 is 0.660 bits per heavy atom. The molecule has 97 heavy (non-hydrogen) atoms. The van der Waals surface area contributed by atoms with E-state index in [0.717, 1.165) is 32.1 Å². The van der Waals surface area contributed by atoms with E-state index >= 15 is 0 Å². The van der Waals surface area contributed by atoms with Crippen molar-refractivity contribution < 1.29 is 42.1 Å². The minimum Gasteiger partial charge on any atom is -0.756 e. The highest BCUT2D eigenvalue weighted by Crippen LogP contribution is 2.38. The Morgan fingerprint density at radius 1 is 0.278 bits per heavy atom. The summed E-state index contributed by atoms with van der Waals surface area (Å²) in [5, 5.41) is 0. The number of hydrogen-bond donors (Lipinski definition) is 0. The number of likely N-dealkylation sites (N-methyl/N-ethyl adjacent to an activating group) is 1. The molecule has 0 saturated carbocycles. The maximum atomic E-state index is 12.9. The predicted octanol–water partition coefficient (Wildman–Crippen LogP) is 28.9. The molecule has 0 N–H and O–H groups in total. The molecule has 0 spiro atoms. The highest BCUT2D eigenvalue weighted by atomic mass is 31.2. The van der Waals surface area contributed by atoms with Crippen molar-refractivity contribution in [1.82, 2.24) is 0 Å². The SMILES string of the molecule is CCCCCCCCCCCCCCCCCCCCCCCCCCCCCCCCCCCCCCCC(=O)OC(COC(=O)CCCCCCCCCCCCCCCCCCCCCCCCCCCCCCCCCCCCCC)COP(=O)([O-])OCC[N+](C)(C)C. The molecule has 0 radical (unpaired) electrons. The smallest absolute Gasteiger partial charge is 0.306 e. The van der Waals surface area contributed by atoms with Crippen LogP contribution in [0.25, 0.3) is 0 Å². The third-order valence-corrected chi connectivity index (χ3v) is 21.8. The molecular weight excluding hydrogens is 1220 g/mol. The van der Waals surface area contributed by atoms with Crippen LogP contribution >= 0.6 is 7.82 Å². The van der Waals surface area contributed by atoms with Crippen molar-refractivity contribution in [2.45, 2.75) is 502 Å². The molecule has 580 valence electrons. The highest BCUT2D eigenvalue weighted by Gasteiger charge is 2.22. The van der Waals surface area contributed by atoms with E-state index in [1.807, 2.05) is 21.1 Å². The van der Waals surface area contributed by atoms with Gasteiger partial charge in [-0.25, -0.2) is 0 Å². The first kappa shape index (κ1) is 96.0. The standard InChI is InChI=1S/C87H174NO8P/c1-6-8-10-12-14-16-18-20-22-24-26-28-30-32-34-36-38-40-42-44-46-48-50-52-54-56-58-60-62-64-66-68-70-72-74-76-78-80-87(90)96-85(84-95-97(91,92)94-82-81-88(3,4)5)83-93-86(89)79-77-75-73-71-69-67-65-63-61-59-57-55-53-51-49-47-45-43-41-39-37-35-33-31-29-27-25-23-21-19-17-15-13-11-9-7-2/h85H,6-84H2,1-5H3. The van der Waals surface area contributed by atoms with Crippen LogP contribution in [0.1, 0.15) is 495 Å². The van der Waals surface area contributed by atoms with E-state index in [0.29, 0.717) is 17.4 Å². The van der Waals surface area contributed by atoms with Gasteiger partial charge in [0.2, 0.25) is 0 Å². The van der Waals surface area contributed by atoms with Gasteiger partial charge in [-0.3, -0.25) is 14.2 Å². The molecule has 0 aliphatic rings. The fourth-order valence-electron chi connectivity index (χ4n) is 14.1. The molecule has 0 saturated heterocycles. The largest absolute Gasteiger partial charge is 0.756 e. The van der Waals surface area contributed by atoms with Crippen molar-refractivity contribution in [3.05, 3.63) is 0 Å². The van der Waals surface area contributed by atoms with Gasteiger partial charge in [-0.15, -0.1) is 0 Å². The van der Waals surface area contributed by atoms with E-state index in [2.05, 4.69) is 13.8 Å². The molecule has 0 aromatic rings. The minimum atomic E-state index is -4.64. The van der Waals surface area contributed by atoms with Crippen LogP contribution in [0, 0.1) is 0 Å². The van der Waals surface area contributed by atoms with Gasteiger partial charge in [-0.05, 0) is 12.8 Å². The van der Waals surface area contributed by atoms with E-state index in [9.17, 15) is 19.0 Å². The lowest BCUT2D eigenvalue weighted by atomic mass is 10.0. The Kier molecular flexibility index (Phi) is 78.3. The molecule has 9 nitrogen and oxygen atoms in total. The van der Waals surface area contributed by atoms with Gasteiger partial charge in [0.05, 0.1) is 27.7 Å². The number of nitrogens with zero attached hydrogens (tertiary/aromatic N) is 1. The van der Waals surface area contributed by atoms with E-state index < -0.39 is 26.5 Å². The lowest BCUT2D eigenvalue weighted by Crippen LogP contribution is -2.37. The number of carbonyl (C=O) groups excluding carboxylic acids is 2. The second-order valence-electron chi connectivity index (χ2n) is 32.0. The molecule has 0 aromatic carbocycles. The van der Waals surface area contributed by atoms with Gasteiger partial charge in [0.1, 0.15) is 19.8 Å². The number of hydrogen-bond acceptors (Lipinski definition) is 8. The van der Waals surface area contributed by atoms with Crippen LogP contribution in [-0.2, 0) is 32.7 Å². The van der Waals surface area contributed by atoms with Crippen LogP contribution < -0.4 is 4.89 Å². The fourth-order valence-corrected chi connectivity index (χ4v) is 14.9. The van der Waals surface area contributed by atoms with Gasteiger partial charge in [0, 0.05) is 12.8 Å². The van der Waals surface area contributed by atoms with Gasteiger partial charge >= 0.3 is 11.9 Å². The first-order chi connectivity index (χ1) is 47.5. The number of carbonyl (C=O) groups is 2. The summed E-state index contributed by atoms with van der Waals surface area (Å²) in [4.78, 5) is 38.2. The summed E-state index contributed by atoms with van der Waals surface area (Å²) in [5.41, 5.74) is 0. The summed E-state index contributed by atoms with van der Waals surface area (Å²) in [6.07, 6.45) is 100.0. The minimum absolute atomic E-state index is 0.0245. The summed E-state index contributed by atoms with van der Waals surface area (Å²) in [5.74, 6) is -0.798. The van der Waals surface area contributed by atoms with Crippen molar-refractivity contribution in [3.63, 3.8) is 0 Å². The number of rotatable bonds is 85. The zero-order valence-electron chi connectivity index (χ0n) is 66.6. The van der Waals surface area contributed by atoms with Crippen LogP contribution in [0.4, 0.5) is 0 Å². The maximum absolute atomic E-state index is 12.9. The summed E-state index contributed by atoms with van der Waals surface area (Å²) in [7, 11) is 1.20. The second kappa shape index (κ2) is 79.1. The third-order valence-electron chi connectivity index (χ3n) is 20.9. The number of phosphoric acid groups is 1. The average molecular weight is 1390 g/mol. The van der Waals surface area contributed by atoms with Crippen molar-refractivity contribution in [2.24, 2.45) is 0 Å². The van der Waals surface area contributed by atoms with Crippen LogP contribution in [-0.4, -0.2) is 70.0 Å². The Bertz CT molecular complexity index is 1590. The van der Waals surface area contributed by atoms with Crippen LogP contribution in [0.3, 0.4) is 0 Å². The highest BCUT2D eigenvalue weighted by molar-refractivity contribution is 7.45. The van der Waals surface area contributed by atoms with Gasteiger partial charge < -0.3 is 27.9 Å². The summed E-state index contributed by atoms with van der Waals surface area (Å²) >= 11 is 0. The first-order valence-corrected chi connectivity index (χ1v) is 45.7. The van der Waals surface area contributed by atoms with Gasteiger partial charge in [0.15, 0.2) is 6.10 Å². The predicted molar refractivity (Wildman–Crippen MR) is 421 cm³/mol. The third kappa shape index (κ3) is 83.8. The molecule has 2 atom stereocenters. The quantitative estimate of drug-likeness (QED) is 0.0256. The molecule has 0 fully saturated rings. The maximum Gasteiger partial charge on any atom is 0.306 e. The number of quaternary nitrogens is 1. The van der Waals surface area contributed by atoms with Gasteiger partial charge in [-0.2, -0.15) is 0 Å². The van der Waals surface area contributed by atoms with Crippen molar-refractivity contribution in [1.29, 1.82) is 0 Å². The molecule has 10 heteroatoms. The monoisotopic (exact) mass is 1390 g/mol. The van der Waals surface area contributed by atoms with Crippen LogP contribution in [0.5, 0.6) is 0 Å². The van der Waals surface area contributed by atoms with E-state index in [1.54, 1.807) is 0 Å². The molecular formula is C87H174NO8P. The lowest BCUT2D eigenvalue weighted by molar-refractivity contribution is -0.870. The van der Waals surface area contributed by atoms with Crippen LogP contribution in [0.2, 0.25) is 0 Å². The number of esters is 2. The summed E-state index contributed by atoms with van der Waals surface area (Å²) in [6, 6.07) is 0. The Balaban J connectivity index is 3.83. The van der Waals surface area contributed by atoms with Crippen LogP contribution in [0.15, 0.2) is 0 Å². The van der Waals surface area contributed by atoms with E-state index in [4.69, 9.17) is 18.5 Å². The Labute approximate surface area is 607 Å². The molecule has 0 rings (SSSR count). The van der Waals surface area contributed by atoms with Crippen molar-refractivity contribution >= 4 is 19.8 Å². The molecule has 0 bridgehead atoms. The van der Waals surface area contributed by atoms with Crippen molar-refractivity contribution in [3.8, 4) is 0 Å². The number of phosphoric ester groups is 1. The molecule has 2 unspecified atom stereocenters. The summed E-state index contributed by atoms with van der Waals surface area (Å²) in [6.45, 7) is 4.36. The number of unbranched alkanes of at least 4 members (excludes halogenated alkanes) is 71. The molecule has 0 aliphatic carbocycles. The molecule has 0 amide bonds. The molecule has 0 heterocycles. The Morgan fingerprint density at radius 2 is 0.464 bits per heavy atom. The van der Waals surface area contributed by atoms with Crippen molar-refractivity contribution in [2.75, 3.05) is 47.5 Å². The summed E-state index contributed by atoms with van der Waals surface area (Å²) < 4.78 is 34.5. The number of ether oxygens (including phenoxy) is 2. The normalized spacial score (nSPS) is 12.8. The van der Waals surface area contributed by atoms with E-state index in [-0.39, 0.29) is 32.0 Å². The molecule has 0 aliphatic heterocycles. The Hall–Kier alpha value is -0.990. The first-order valence-electron chi connectivity index (χ1n) is 44.2. The average Bonchev–Trinajstić information content (AvgIpc) is 1.41. The topological polar surface area (TPSA) is 111 Å². The van der Waals surface area contributed by atoms with E-state index in [1.165, 1.54) is 430 Å². The second-order valence-corrected chi connectivity index (χ2v) is 33.4. The zero-order valence-corrected chi connectivity index (χ0v) is 67.5. The van der Waals surface area contributed by atoms with Gasteiger partial charge in [0.25, 0.3) is 7.82 Å². The van der Waals surface area contributed by atoms with Gasteiger partial charge in [-0.1, -0.05) is 470 Å².